The quantitative estimate of drug-likeness (QED) is 0.714. The van der Waals surface area contributed by atoms with Gasteiger partial charge in [-0.2, -0.15) is 0 Å². The van der Waals surface area contributed by atoms with Gasteiger partial charge in [0.25, 0.3) is 5.91 Å². The molecule has 23 heavy (non-hydrogen) atoms. The lowest BCUT2D eigenvalue weighted by molar-refractivity contribution is -0.117. The smallest absolute Gasteiger partial charge is 0.251 e. The molecule has 1 saturated carbocycles. The van der Waals surface area contributed by atoms with Crippen LogP contribution in [0.15, 0.2) is 24.3 Å². The summed E-state index contributed by atoms with van der Waals surface area (Å²) in [7, 11) is 0. The molecule has 128 valence electrons. The first-order valence-corrected chi connectivity index (χ1v) is 7.93. The first kappa shape index (κ1) is 19.5. The van der Waals surface area contributed by atoms with E-state index in [1.807, 2.05) is 13.8 Å². The summed E-state index contributed by atoms with van der Waals surface area (Å²) in [5, 5.41) is 9.02. The molecule has 1 aliphatic rings. The number of likely N-dealkylation sites (N-methyl/N-ethyl adjacent to an activating group) is 1. The Bertz CT molecular complexity index is 533. The summed E-state index contributed by atoms with van der Waals surface area (Å²) in [5.41, 5.74) is 1.34. The van der Waals surface area contributed by atoms with Gasteiger partial charge in [-0.05, 0) is 50.1 Å². The summed E-state index contributed by atoms with van der Waals surface area (Å²) in [6.45, 7) is 7.61. The number of anilines is 1. The van der Waals surface area contributed by atoms with Crippen molar-refractivity contribution in [2.75, 3.05) is 18.4 Å². The normalized spacial score (nSPS) is 20.1. The average molecular weight is 340 g/mol. The molecule has 0 radical (unpaired) electrons. The second kappa shape index (κ2) is 8.89. The highest BCUT2D eigenvalue weighted by molar-refractivity contribution is 5.96. The molecule has 5 nitrogen and oxygen atoms in total. The number of hydrogen-bond donors (Lipinski definition) is 3. The number of nitrogens with one attached hydrogen (secondary N) is 3. The fourth-order valence-corrected chi connectivity index (χ4v) is 2.40. The molecule has 0 spiro atoms. The number of rotatable bonds is 7. The summed E-state index contributed by atoms with van der Waals surface area (Å²) >= 11 is 0. The molecule has 6 heteroatoms. The third-order valence-electron chi connectivity index (χ3n) is 3.98. The Labute approximate surface area is 144 Å². The van der Waals surface area contributed by atoms with Crippen molar-refractivity contribution in [3.8, 4) is 0 Å². The zero-order chi connectivity index (χ0) is 16.1. The van der Waals surface area contributed by atoms with Gasteiger partial charge in [0, 0.05) is 29.8 Å². The van der Waals surface area contributed by atoms with E-state index in [0.29, 0.717) is 18.0 Å². The monoisotopic (exact) mass is 339 g/mol. The topological polar surface area (TPSA) is 70.2 Å². The van der Waals surface area contributed by atoms with Crippen molar-refractivity contribution < 1.29 is 9.59 Å². The Morgan fingerprint density at radius 3 is 2.39 bits per heavy atom. The van der Waals surface area contributed by atoms with Gasteiger partial charge in [-0.3, -0.25) is 9.59 Å². The fourth-order valence-electron chi connectivity index (χ4n) is 2.40. The Kier molecular flexibility index (Phi) is 7.52. The van der Waals surface area contributed by atoms with E-state index >= 15 is 0 Å². The summed E-state index contributed by atoms with van der Waals surface area (Å²) in [5.74, 6) is 0.613. The van der Waals surface area contributed by atoms with Gasteiger partial charge in [-0.1, -0.05) is 13.8 Å². The second-order valence-corrected chi connectivity index (χ2v) is 6.05. The highest BCUT2D eigenvalue weighted by Crippen LogP contribution is 2.38. The Balaban J connectivity index is 0.00000264. The lowest BCUT2D eigenvalue weighted by Gasteiger charge is -2.13. The van der Waals surface area contributed by atoms with Crippen molar-refractivity contribution in [2.24, 2.45) is 11.8 Å². The highest BCUT2D eigenvalue weighted by atomic mass is 35.5. The molecule has 1 aromatic carbocycles. The minimum absolute atomic E-state index is 0. The van der Waals surface area contributed by atoms with E-state index in [1.54, 1.807) is 24.3 Å². The van der Waals surface area contributed by atoms with Crippen LogP contribution in [0.4, 0.5) is 5.69 Å². The van der Waals surface area contributed by atoms with E-state index < -0.39 is 0 Å². The maximum absolute atomic E-state index is 12.0. The number of carbonyl (C=O) groups is 2. The van der Waals surface area contributed by atoms with Crippen LogP contribution in [0.2, 0.25) is 0 Å². The van der Waals surface area contributed by atoms with E-state index in [0.717, 1.165) is 18.7 Å². The van der Waals surface area contributed by atoms with Crippen molar-refractivity contribution in [2.45, 2.75) is 33.2 Å². The first-order valence-electron chi connectivity index (χ1n) is 7.93. The molecule has 2 unspecified atom stereocenters. The van der Waals surface area contributed by atoms with Crippen LogP contribution < -0.4 is 16.0 Å². The van der Waals surface area contributed by atoms with Crippen molar-refractivity contribution >= 4 is 29.9 Å². The third kappa shape index (κ3) is 5.84. The zero-order valence-electron chi connectivity index (χ0n) is 13.9. The molecule has 1 fully saturated rings. The third-order valence-corrected chi connectivity index (χ3v) is 3.98. The van der Waals surface area contributed by atoms with Crippen LogP contribution in [0.1, 0.15) is 37.6 Å². The average Bonchev–Trinajstić information content (AvgIpc) is 3.23. The molecule has 1 aromatic rings. The number of halogens is 1. The van der Waals surface area contributed by atoms with E-state index in [4.69, 9.17) is 0 Å². The summed E-state index contributed by atoms with van der Waals surface area (Å²) < 4.78 is 0. The Hall–Kier alpha value is -1.59. The molecular weight excluding hydrogens is 314 g/mol. The minimum atomic E-state index is -0.0987. The molecule has 1 aliphatic carbocycles. The first-order chi connectivity index (χ1) is 10.5. The summed E-state index contributed by atoms with van der Waals surface area (Å²) in [6, 6.07) is 7.26. The lowest BCUT2D eigenvalue weighted by atomic mass is 10.2. The number of amides is 2. The maximum Gasteiger partial charge on any atom is 0.251 e. The van der Waals surface area contributed by atoms with Crippen LogP contribution >= 0.6 is 12.4 Å². The molecule has 2 rings (SSSR count). The molecule has 0 heterocycles. The molecule has 0 bridgehead atoms. The van der Waals surface area contributed by atoms with Crippen LogP contribution in [0.5, 0.6) is 0 Å². The Morgan fingerprint density at radius 1 is 1.26 bits per heavy atom. The van der Waals surface area contributed by atoms with Gasteiger partial charge in [-0.25, -0.2) is 0 Å². The molecule has 3 atom stereocenters. The molecule has 3 N–H and O–H groups in total. The van der Waals surface area contributed by atoms with Gasteiger partial charge < -0.3 is 16.0 Å². The van der Waals surface area contributed by atoms with E-state index in [9.17, 15) is 9.59 Å². The van der Waals surface area contributed by atoms with Crippen molar-refractivity contribution in [3.05, 3.63) is 29.8 Å². The molecule has 0 saturated heterocycles. The van der Waals surface area contributed by atoms with Gasteiger partial charge in [0.1, 0.15) is 0 Å². The van der Waals surface area contributed by atoms with Crippen molar-refractivity contribution in [3.63, 3.8) is 0 Å². The molecule has 0 aliphatic heterocycles. The SMILES string of the molecule is CCN[C@H](C)CNC(=O)c1ccc(NC(=O)C2CC2C)cc1.Cl. The van der Waals surface area contributed by atoms with Gasteiger partial charge in [0.05, 0.1) is 0 Å². The van der Waals surface area contributed by atoms with Crippen molar-refractivity contribution in [1.82, 2.24) is 10.6 Å². The van der Waals surface area contributed by atoms with Gasteiger partial charge in [0.15, 0.2) is 0 Å². The number of benzene rings is 1. The van der Waals surface area contributed by atoms with Gasteiger partial charge >= 0.3 is 0 Å². The predicted octanol–water partition coefficient (Wildman–Crippen LogP) is 2.43. The molecular formula is C17H26ClN3O2. The summed E-state index contributed by atoms with van der Waals surface area (Å²) in [4.78, 5) is 23.9. The molecule has 0 aromatic heterocycles. The fraction of sp³-hybridized carbons (Fsp3) is 0.529. The minimum Gasteiger partial charge on any atom is -0.350 e. The number of hydrogen-bond acceptors (Lipinski definition) is 3. The van der Waals surface area contributed by atoms with E-state index in [-0.39, 0.29) is 36.2 Å². The maximum atomic E-state index is 12.0. The van der Waals surface area contributed by atoms with Crippen LogP contribution in [0.3, 0.4) is 0 Å². The highest BCUT2D eigenvalue weighted by Gasteiger charge is 2.39. The van der Waals surface area contributed by atoms with Crippen LogP contribution in [-0.2, 0) is 4.79 Å². The predicted molar refractivity (Wildman–Crippen MR) is 95.1 cm³/mol. The largest absolute Gasteiger partial charge is 0.350 e. The van der Waals surface area contributed by atoms with E-state index in [2.05, 4.69) is 22.9 Å². The zero-order valence-corrected chi connectivity index (χ0v) is 14.7. The summed E-state index contributed by atoms with van der Waals surface area (Å²) in [6.07, 6.45) is 0.969. The molecule has 2 amide bonds. The van der Waals surface area contributed by atoms with Gasteiger partial charge in [-0.15, -0.1) is 12.4 Å². The van der Waals surface area contributed by atoms with Crippen LogP contribution in [0, 0.1) is 11.8 Å². The lowest BCUT2D eigenvalue weighted by Crippen LogP contribution is -2.38. The van der Waals surface area contributed by atoms with Crippen LogP contribution in [0.25, 0.3) is 0 Å². The van der Waals surface area contributed by atoms with Crippen molar-refractivity contribution in [1.29, 1.82) is 0 Å². The van der Waals surface area contributed by atoms with Gasteiger partial charge in [0.2, 0.25) is 5.91 Å². The van der Waals surface area contributed by atoms with E-state index in [1.165, 1.54) is 0 Å². The standard InChI is InChI=1S/C17H25N3O2.ClH/c1-4-18-12(3)10-19-16(21)13-5-7-14(8-6-13)20-17(22)15-9-11(15)2;/h5-8,11-12,15,18H,4,9-10H2,1-3H3,(H,19,21)(H,20,22);1H/t11?,12-,15?;/m1./s1. The number of carbonyl (C=O) groups excluding carboxylic acids is 2. The second-order valence-electron chi connectivity index (χ2n) is 6.05. The van der Waals surface area contributed by atoms with Crippen LogP contribution in [-0.4, -0.2) is 30.9 Å². The Morgan fingerprint density at radius 2 is 1.87 bits per heavy atom.